The molecule has 88 valence electrons. The summed E-state index contributed by atoms with van der Waals surface area (Å²) in [6.45, 7) is 5.54. The zero-order valence-electron chi connectivity index (χ0n) is 9.99. The molecule has 1 N–H and O–H groups in total. The second-order valence-corrected chi connectivity index (χ2v) is 4.44. The fraction of sp³-hybridized carbons (Fsp3) is 0.462. The van der Waals surface area contributed by atoms with Crippen LogP contribution in [0.3, 0.4) is 0 Å². The lowest BCUT2D eigenvalue weighted by Crippen LogP contribution is -2.30. The molecule has 0 aliphatic rings. The monoisotopic (exact) mass is 222 g/mol. The van der Waals surface area contributed by atoms with Gasteiger partial charge >= 0.3 is 5.97 Å². The average molecular weight is 222 g/mol. The molecule has 1 aromatic carbocycles. The highest BCUT2D eigenvalue weighted by molar-refractivity contribution is 5.73. The Balaban J connectivity index is 2.71. The van der Waals surface area contributed by atoms with Gasteiger partial charge in [-0.25, -0.2) is 0 Å². The van der Waals surface area contributed by atoms with E-state index in [1.54, 1.807) is 13.8 Å². The van der Waals surface area contributed by atoms with Gasteiger partial charge in [0.05, 0.1) is 5.41 Å². The number of hydrogen-bond acceptors (Lipinski definition) is 2. The predicted octanol–water partition coefficient (Wildman–Crippen LogP) is 2.74. The Bertz CT molecular complexity index is 369. The van der Waals surface area contributed by atoms with Crippen LogP contribution in [0.15, 0.2) is 24.3 Å². The van der Waals surface area contributed by atoms with E-state index in [1.807, 2.05) is 31.2 Å². The summed E-state index contributed by atoms with van der Waals surface area (Å²) in [6.07, 6.45) is 0.879. The molecule has 0 aliphatic heterocycles. The third-order valence-corrected chi connectivity index (χ3v) is 2.52. The summed E-state index contributed by atoms with van der Waals surface area (Å²) in [6, 6.07) is 7.70. The second-order valence-electron chi connectivity index (χ2n) is 4.44. The third kappa shape index (κ3) is 2.99. The maximum Gasteiger partial charge on any atom is 0.312 e. The molecule has 0 spiro atoms. The van der Waals surface area contributed by atoms with Crippen LogP contribution in [0.1, 0.15) is 26.3 Å². The molecule has 0 atom stereocenters. The molecule has 0 aromatic heterocycles. The van der Waals surface area contributed by atoms with E-state index in [2.05, 4.69) is 0 Å². The van der Waals surface area contributed by atoms with Gasteiger partial charge < -0.3 is 9.84 Å². The molecular formula is C13H18O3. The van der Waals surface area contributed by atoms with E-state index in [0.717, 1.165) is 17.7 Å². The number of carbonyl (C=O) groups is 1. The number of rotatable bonds is 5. The average Bonchev–Trinajstić information content (AvgIpc) is 2.26. The Hall–Kier alpha value is -1.51. The largest absolute Gasteiger partial charge is 0.492 e. The lowest BCUT2D eigenvalue weighted by atomic mass is 9.95. The van der Waals surface area contributed by atoms with Crippen LogP contribution in [0, 0.1) is 5.41 Å². The summed E-state index contributed by atoms with van der Waals surface area (Å²) in [4.78, 5) is 10.9. The van der Waals surface area contributed by atoms with Crippen molar-refractivity contribution in [2.75, 3.05) is 6.61 Å². The summed E-state index contributed by atoms with van der Waals surface area (Å²) in [5.74, 6) is -0.0687. The number of carboxylic acid groups (broad SMARTS) is 1. The van der Waals surface area contributed by atoms with Gasteiger partial charge in [0.1, 0.15) is 12.4 Å². The van der Waals surface area contributed by atoms with Crippen LogP contribution in [0.4, 0.5) is 0 Å². The van der Waals surface area contributed by atoms with Gasteiger partial charge in [0.2, 0.25) is 0 Å². The normalized spacial score (nSPS) is 11.2. The number of benzene rings is 1. The SMILES string of the molecule is CCc1ccccc1OCC(C)(C)C(=O)O. The number of aliphatic carboxylic acids is 1. The van der Waals surface area contributed by atoms with Gasteiger partial charge in [0.15, 0.2) is 0 Å². The highest BCUT2D eigenvalue weighted by Gasteiger charge is 2.28. The molecule has 0 radical (unpaired) electrons. The van der Waals surface area contributed by atoms with Crippen LogP contribution in [0.2, 0.25) is 0 Å². The standard InChI is InChI=1S/C13H18O3/c1-4-10-7-5-6-8-11(10)16-9-13(2,3)12(14)15/h5-8H,4,9H2,1-3H3,(H,14,15). The van der Waals surface area contributed by atoms with Gasteiger partial charge in [-0.05, 0) is 31.9 Å². The smallest absolute Gasteiger partial charge is 0.312 e. The van der Waals surface area contributed by atoms with Gasteiger partial charge in [-0.3, -0.25) is 4.79 Å². The highest BCUT2D eigenvalue weighted by Crippen LogP contribution is 2.22. The van der Waals surface area contributed by atoms with Crippen molar-refractivity contribution in [3.05, 3.63) is 29.8 Å². The van der Waals surface area contributed by atoms with E-state index in [1.165, 1.54) is 0 Å². The van der Waals surface area contributed by atoms with Crippen LogP contribution in [-0.4, -0.2) is 17.7 Å². The number of aryl methyl sites for hydroxylation is 1. The molecule has 1 aromatic rings. The van der Waals surface area contributed by atoms with Gasteiger partial charge in [-0.2, -0.15) is 0 Å². The van der Waals surface area contributed by atoms with Crippen molar-refractivity contribution in [2.24, 2.45) is 5.41 Å². The van der Waals surface area contributed by atoms with E-state index < -0.39 is 11.4 Å². The van der Waals surface area contributed by atoms with Crippen molar-refractivity contribution in [2.45, 2.75) is 27.2 Å². The first-order valence-corrected chi connectivity index (χ1v) is 5.41. The molecule has 3 heteroatoms. The van der Waals surface area contributed by atoms with Gasteiger partial charge in [0.25, 0.3) is 0 Å². The summed E-state index contributed by atoms with van der Waals surface area (Å²) in [5, 5.41) is 8.97. The maximum atomic E-state index is 10.9. The quantitative estimate of drug-likeness (QED) is 0.833. The number of carboxylic acids is 1. The topological polar surface area (TPSA) is 46.5 Å². The van der Waals surface area contributed by atoms with E-state index in [-0.39, 0.29) is 6.61 Å². The third-order valence-electron chi connectivity index (χ3n) is 2.52. The van der Waals surface area contributed by atoms with Crippen molar-refractivity contribution in [1.29, 1.82) is 0 Å². The van der Waals surface area contributed by atoms with Crippen molar-refractivity contribution >= 4 is 5.97 Å². The van der Waals surface area contributed by atoms with Crippen molar-refractivity contribution in [1.82, 2.24) is 0 Å². The molecule has 0 aliphatic carbocycles. The molecule has 0 saturated carbocycles. The minimum Gasteiger partial charge on any atom is -0.492 e. The van der Waals surface area contributed by atoms with E-state index in [9.17, 15) is 4.79 Å². The van der Waals surface area contributed by atoms with Crippen LogP contribution < -0.4 is 4.74 Å². The summed E-state index contributed by atoms with van der Waals surface area (Å²) < 4.78 is 5.57. The lowest BCUT2D eigenvalue weighted by molar-refractivity contribution is -0.148. The molecule has 3 nitrogen and oxygen atoms in total. The number of para-hydroxylation sites is 1. The van der Waals surface area contributed by atoms with Gasteiger partial charge in [0, 0.05) is 0 Å². The first-order chi connectivity index (χ1) is 7.47. The van der Waals surface area contributed by atoms with Crippen LogP contribution in [0.5, 0.6) is 5.75 Å². The van der Waals surface area contributed by atoms with Crippen LogP contribution >= 0.6 is 0 Å². The number of ether oxygens (including phenoxy) is 1. The van der Waals surface area contributed by atoms with Gasteiger partial charge in [-0.1, -0.05) is 25.1 Å². The molecule has 0 bridgehead atoms. The first kappa shape index (κ1) is 12.6. The summed E-state index contributed by atoms with van der Waals surface area (Å²) in [7, 11) is 0. The van der Waals surface area contributed by atoms with Crippen LogP contribution in [0.25, 0.3) is 0 Å². The molecule has 0 saturated heterocycles. The number of hydrogen-bond donors (Lipinski definition) is 1. The Morgan fingerprint density at radius 1 is 1.38 bits per heavy atom. The Labute approximate surface area is 96.1 Å². The second kappa shape index (κ2) is 5.01. The Morgan fingerprint density at radius 2 is 2.00 bits per heavy atom. The fourth-order valence-electron chi connectivity index (χ4n) is 1.26. The van der Waals surface area contributed by atoms with E-state index in [0.29, 0.717) is 0 Å². The molecule has 1 rings (SSSR count). The van der Waals surface area contributed by atoms with Gasteiger partial charge in [-0.15, -0.1) is 0 Å². The zero-order valence-corrected chi connectivity index (χ0v) is 9.99. The van der Waals surface area contributed by atoms with Crippen molar-refractivity contribution in [3.8, 4) is 5.75 Å². The fourth-order valence-corrected chi connectivity index (χ4v) is 1.26. The Morgan fingerprint density at radius 3 is 2.56 bits per heavy atom. The molecule has 0 fully saturated rings. The Kier molecular flexibility index (Phi) is 3.93. The molecule has 0 heterocycles. The van der Waals surface area contributed by atoms with Crippen LogP contribution in [-0.2, 0) is 11.2 Å². The molecule has 0 unspecified atom stereocenters. The highest BCUT2D eigenvalue weighted by atomic mass is 16.5. The van der Waals surface area contributed by atoms with Crippen molar-refractivity contribution in [3.63, 3.8) is 0 Å². The predicted molar refractivity (Wildman–Crippen MR) is 62.7 cm³/mol. The first-order valence-electron chi connectivity index (χ1n) is 5.41. The summed E-state index contributed by atoms with van der Waals surface area (Å²) >= 11 is 0. The zero-order chi connectivity index (χ0) is 12.2. The molecule has 0 amide bonds. The minimum absolute atomic E-state index is 0.180. The maximum absolute atomic E-state index is 10.9. The van der Waals surface area contributed by atoms with E-state index in [4.69, 9.17) is 9.84 Å². The van der Waals surface area contributed by atoms with E-state index >= 15 is 0 Å². The summed E-state index contributed by atoms with van der Waals surface area (Å²) in [5.41, 5.74) is 0.240. The minimum atomic E-state index is -0.860. The molecular weight excluding hydrogens is 204 g/mol. The van der Waals surface area contributed by atoms with Crippen molar-refractivity contribution < 1.29 is 14.6 Å². The molecule has 16 heavy (non-hydrogen) atoms. The lowest BCUT2D eigenvalue weighted by Gasteiger charge is -2.20.